The number of aromatic nitrogens is 2. The van der Waals surface area contributed by atoms with E-state index < -0.39 is 5.97 Å². The van der Waals surface area contributed by atoms with E-state index in [-0.39, 0.29) is 5.69 Å². The van der Waals surface area contributed by atoms with Crippen molar-refractivity contribution < 1.29 is 9.90 Å². The van der Waals surface area contributed by atoms with Crippen molar-refractivity contribution in [3.63, 3.8) is 0 Å². The van der Waals surface area contributed by atoms with E-state index in [0.29, 0.717) is 11.6 Å². The van der Waals surface area contributed by atoms with Crippen LogP contribution >= 0.6 is 0 Å². The van der Waals surface area contributed by atoms with Gasteiger partial charge in [0.05, 0.1) is 0 Å². The summed E-state index contributed by atoms with van der Waals surface area (Å²) >= 11 is 0. The molecule has 2 aromatic rings. The van der Waals surface area contributed by atoms with Crippen molar-refractivity contribution in [1.29, 1.82) is 0 Å². The zero-order chi connectivity index (χ0) is 15.4. The van der Waals surface area contributed by atoms with Crippen LogP contribution in [0.2, 0.25) is 0 Å². The lowest BCUT2D eigenvalue weighted by molar-refractivity contribution is 0.0690. The number of aryl methyl sites for hydroxylation is 1. The van der Waals surface area contributed by atoms with Crippen LogP contribution in [-0.4, -0.2) is 34.1 Å². The number of aromatic carboxylic acids is 1. The molecule has 0 unspecified atom stereocenters. The molecule has 5 heteroatoms. The first kappa shape index (κ1) is 15.0. The van der Waals surface area contributed by atoms with Gasteiger partial charge in [-0.3, -0.25) is 0 Å². The first-order chi connectivity index (χ1) is 10.0. The van der Waals surface area contributed by atoms with Crippen LogP contribution in [0.15, 0.2) is 30.3 Å². The molecule has 1 aromatic carbocycles. The van der Waals surface area contributed by atoms with E-state index in [9.17, 15) is 9.90 Å². The standard InChI is InChI=1S/C16H19N3O2/c1-4-19(5-2)14-10-13(16(20)21)17-15(18-14)12-8-6-11(3)7-9-12/h6-10H,4-5H2,1-3H3,(H,20,21). The molecule has 0 saturated carbocycles. The Hall–Kier alpha value is -2.43. The van der Waals surface area contributed by atoms with E-state index in [1.165, 1.54) is 6.07 Å². The predicted octanol–water partition coefficient (Wildman–Crippen LogP) is 3.00. The highest BCUT2D eigenvalue weighted by molar-refractivity contribution is 5.87. The fraction of sp³-hybridized carbons (Fsp3) is 0.312. The molecule has 0 radical (unpaired) electrons. The summed E-state index contributed by atoms with van der Waals surface area (Å²) in [4.78, 5) is 21.9. The Kier molecular flexibility index (Phi) is 4.52. The van der Waals surface area contributed by atoms with Gasteiger partial charge in [0, 0.05) is 24.7 Å². The van der Waals surface area contributed by atoms with Crippen LogP contribution in [0.1, 0.15) is 29.9 Å². The Labute approximate surface area is 124 Å². The topological polar surface area (TPSA) is 66.3 Å². The number of carboxylic acids is 1. The quantitative estimate of drug-likeness (QED) is 0.914. The van der Waals surface area contributed by atoms with Crippen molar-refractivity contribution in [2.45, 2.75) is 20.8 Å². The highest BCUT2D eigenvalue weighted by atomic mass is 16.4. The van der Waals surface area contributed by atoms with Crippen LogP contribution < -0.4 is 4.90 Å². The Balaban J connectivity index is 2.54. The summed E-state index contributed by atoms with van der Waals surface area (Å²) in [6.07, 6.45) is 0. The van der Waals surface area contributed by atoms with E-state index in [0.717, 1.165) is 24.2 Å². The Morgan fingerprint density at radius 1 is 1.14 bits per heavy atom. The largest absolute Gasteiger partial charge is 0.477 e. The molecule has 0 spiro atoms. The van der Waals surface area contributed by atoms with Crippen molar-refractivity contribution in [1.82, 2.24) is 9.97 Å². The summed E-state index contributed by atoms with van der Waals surface area (Å²) < 4.78 is 0. The molecule has 2 rings (SSSR count). The minimum Gasteiger partial charge on any atom is -0.477 e. The van der Waals surface area contributed by atoms with E-state index in [1.54, 1.807) is 0 Å². The van der Waals surface area contributed by atoms with Gasteiger partial charge in [0.25, 0.3) is 0 Å². The summed E-state index contributed by atoms with van der Waals surface area (Å²) in [5.41, 5.74) is 1.97. The number of nitrogens with zero attached hydrogens (tertiary/aromatic N) is 3. The third kappa shape index (κ3) is 3.37. The maximum absolute atomic E-state index is 11.3. The summed E-state index contributed by atoms with van der Waals surface area (Å²) in [6.45, 7) is 7.55. The van der Waals surface area contributed by atoms with E-state index in [2.05, 4.69) is 9.97 Å². The second-order valence-corrected chi connectivity index (χ2v) is 4.78. The maximum atomic E-state index is 11.3. The number of rotatable bonds is 5. The van der Waals surface area contributed by atoms with Gasteiger partial charge in [0.15, 0.2) is 11.5 Å². The first-order valence-corrected chi connectivity index (χ1v) is 6.99. The molecule has 1 heterocycles. The van der Waals surface area contributed by atoms with Crippen LogP contribution in [0, 0.1) is 6.92 Å². The average molecular weight is 285 g/mol. The van der Waals surface area contributed by atoms with Crippen LogP contribution in [0.5, 0.6) is 0 Å². The molecule has 1 aromatic heterocycles. The summed E-state index contributed by atoms with van der Waals surface area (Å²) in [6, 6.07) is 9.25. The molecule has 5 nitrogen and oxygen atoms in total. The van der Waals surface area contributed by atoms with Gasteiger partial charge < -0.3 is 10.0 Å². The highest BCUT2D eigenvalue weighted by Crippen LogP contribution is 2.20. The molecular formula is C16H19N3O2. The normalized spacial score (nSPS) is 10.4. The molecule has 0 amide bonds. The molecule has 110 valence electrons. The van der Waals surface area contributed by atoms with Gasteiger partial charge in [-0.1, -0.05) is 29.8 Å². The van der Waals surface area contributed by atoms with E-state index in [4.69, 9.17) is 0 Å². The number of benzene rings is 1. The number of anilines is 1. The summed E-state index contributed by atoms with van der Waals surface area (Å²) in [5.74, 6) is 0.0407. The van der Waals surface area contributed by atoms with Crippen LogP contribution in [0.4, 0.5) is 5.82 Å². The monoisotopic (exact) mass is 285 g/mol. The minimum absolute atomic E-state index is 0.0162. The molecule has 0 fully saturated rings. The fourth-order valence-electron chi connectivity index (χ4n) is 2.09. The van der Waals surface area contributed by atoms with Crippen molar-refractivity contribution in [3.8, 4) is 11.4 Å². The second kappa shape index (κ2) is 6.35. The zero-order valence-corrected chi connectivity index (χ0v) is 12.5. The van der Waals surface area contributed by atoms with Crippen molar-refractivity contribution >= 4 is 11.8 Å². The smallest absolute Gasteiger partial charge is 0.354 e. The molecule has 0 bridgehead atoms. The molecule has 21 heavy (non-hydrogen) atoms. The predicted molar refractivity (Wildman–Crippen MR) is 82.7 cm³/mol. The Bertz CT molecular complexity index is 634. The van der Waals surface area contributed by atoms with E-state index in [1.807, 2.05) is 49.9 Å². The van der Waals surface area contributed by atoms with Crippen LogP contribution in [0.3, 0.4) is 0 Å². The molecule has 1 N–H and O–H groups in total. The number of hydrogen-bond acceptors (Lipinski definition) is 4. The lowest BCUT2D eigenvalue weighted by Gasteiger charge is -2.20. The lowest BCUT2D eigenvalue weighted by atomic mass is 10.1. The number of carbonyl (C=O) groups is 1. The molecule has 0 atom stereocenters. The second-order valence-electron chi connectivity index (χ2n) is 4.78. The molecule has 0 saturated heterocycles. The van der Waals surface area contributed by atoms with Crippen molar-refractivity contribution in [2.75, 3.05) is 18.0 Å². The molecule has 0 aliphatic heterocycles. The number of carboxylic acid groups (broad SMARTS) is 1. The van der Waals surface area contributed by atoms with Gasteiger partial charge in [0.2, 0.25) is 0 Å². The van der Waals surface area contributed by atoms with Crippen LogP contribution in [0.25, 0.3) is 11.4 Å². The maximum Gasteiger partial charge on any atom is 0.354 e. The van der Waals surface area contributed by atoms with Gasteiger partial charge in [-0.2, -0.15) is 0 Å². The zero-order valence-electron chi connectivity index (χ0n) is 12.5. The Morgan fingerprint density at radius 2 is 1.76 bits per heavy atom. The minimum atomic E-state index is -1.04. The average Bonchev–Trinajstić information content (AvgIpc) is 2.49. The van der Waals surface area contributed by atoms with Gasteiger partial charge in [-0.05, 0) is 20.8 Å². The fourth-order valence-corrected chi connectivity index (χ4v) is 2.09. The highest BCUT2D eigenvalue weighted by Gasteiger charge is 2.14. The van der Waals surface area contributed by atoms with Gasteiger partial charge >= 0.3 is 5.97 Å². The van der Waals surface area contributed by atoms with E-state index >= 15 is 0 Å². The van der Waals surface area contributed by atoms with Gasteiger partial charge in [-0.15, -0.1) is 0 Å². The molecule has 0 aliphatic rings. The number of hydrogen-bond donors (Lipinski definition) is 1. The summed E-state index contributed by atoms with van der Waals surface area (Å²) in [5, 5.41) is 9.24. The SMILES string of the molecule is CCN(CC)c1cc(C(=O)O)nc(-c2ccc(C)cc2)n1. The van der Waals surface area contributed by atoms with Crippen molar-refractivity contribution in [3.05, 3.63) is 41.6 Å². The van der Waals surface area contributed by atoms with Crippen LogP contribution in [-0.2, 0) is 0 Å². The third-order valence-corrected chi connectivity index (χ3v) is 3.33. The Morgan fingerprint density at radius 3 is 2.29 bits per heavy atom. The summed E-state index contributed by atoms with van der Waals surface area (Å²) in [7, 11) is 0. The first-order valence-electron chi connectivity index (χ1n) is 6.99. The van der Waals surface area contributed by atoms with Gasteiger partial charge in [0.1, 0.15) is 5.82 Å². The van der Waals surface area contributed by atoms with Gasteiger partial charge in [-0.25, -0.2) is 14.8 Å². The molecular weight excluding hydrogens is 266 g/mol. The molecule has 0 aliphatic carbocycles. The third-order valence-electron chi connectivity index (χ3n) is 3.33. The van der Waals surface area contributed by atoms with Crippen molar-refractivity contribution in [2.24, 2.45) is 0 Å². The lowest BCUT2D eigenvalue weighted by Crippen LogP contribution is -2.24.